The highest BCUT2D eigenvalue weighted by Crippen LogP contribution is 2.24. The van der Waals surface area contributed by atoms with Crippen LogP contribution in [0.25, 0.3) is 10.2 Å². The Morgan fingerprint density at radius 1 is 1.14 bits per heavy atom. The fourth-order valence-electron chi connectivity index (χ4n) is 1.83. The molecule has 1 N–H and O–H groups in total. The monoisotopic (exact) mass is 311 g/mol. The first-order valence-corrected chi connectivity index (χ1v) is 7.79. The molecule has 2 aromatic heterocycles. The number of hydrogen-bond donors (Lipinski definition) is 1. The normalized spacial score (nSPS) is 11.1. The average Bonchev–Trinajstić information content (AvgIpc) is 2.97. The van der Waals surface area contributed by atoms with Crippen LogP contribution in [-0.4, -0.2) is 50.6 Å². The third kappa shape index (κ3) is 4.89. The molecule has 0 radical (unpaired) electrons. The molecule has 0 spiro atoms. The maximum atomic E-state index is 5.59. The van der Waals surface area contributed by atoms with E-state index >= 15 is 0 Å². The SMILES string of the molecule is CNc1nc(COCCCOCCOC)nc2sccc12. The van der Waals surface area contributed by atoms with Crippen molar-refractivity contribution in [2.45, 2.75) is 13.0 Å². The minimum atomic E-state index is 0.417. The van der Waals surface area contributed by atoms with Crippen LogP contribution in [0.4, 0.5) is 5.82 Å². The molecule has 0 amide bonds. The predicted octanol–water partition coefficient (Wildman–Crippen LogP) is 2.30. The average molecular weight is 311 g/mol. The maximum Gasteiger partial charge on any atom is 0.158 e. The van der Waals surface area contributed by atoms with Crippen LogP contribution < -0.4 is 5.32 Å². The summed E-state index contributed by atoms with van der Waals surface area (Å²) in [6.07, 6.45) is 0.851. The Hall–Kier alpha value is -1.28. The van der Waals surface area contributed by atoms with Crippen LogP contribution >= 0.6 is 11.3 Å². The van der Waals surface area contributed by atoms with Crippen molar-refractivity contribution in [3.05, 3.63) is 17.3 Å². The molecular weight excluding hydrogens is 290 g/mol. The zero-order valence-corrected chi connectivity index (χ0v) is 13.2. The van der Waals surface area contributed by atoms with Crippen molar-refractivity contribution in [1.29, 1.82) is 0 Å². The Morgan fingerprint density at radius 3 is 2.81 bits per heavy atom. The van der Waals surface area contributed by atoms with Gasteiger partial charge in [0.25, 0.3) is 0 Å². The Bertz CT molecular complexity index is 547. The third-order valence-corrected chi connectivity index (χ3v) is 3.66. The molecule has 2 rings (SSSR count). The van der Waals surface area contributed by atoms with Crippen LogP contribution in [0.3, 0.4) is 0 Å². The van der Waals surface area contributed by atoms with Crippen molar-refractivity contribution in [2.24, 2.45) is 0 Å². The van der Waals surface area contributed by atoms with E-state index in [2.05, 4.69) is 15.3 Å². The number of rotatable bonds is 10. The van der Waals surface area contributed by atoms with Gasteiger partial charge in [-0.3, -0.25) is 0 Å². The molecule has 6 nitrogen and oxygen atoms in total. The van der Waals surface area contributed by atoms with Gasteiger partial charge in [0.05, 0.1) is 18.6 Å². The van der Waals surface area contributed by atoms with Crippen LogP contribution in [0.15, 0.2) is 11.4 Å². The first-order valence-electron chi connectivity index (χ1n) is 6.91. The lowest BCUT2D eigenvalue weighted by molar-refractivity contribution is 0.0473. The van der Waals surface area contributed by atoms with E-state index in [0.717, 1.165) is 22.5 Å². The van der Waals surface area contributed by atoms with E-state index in [4.69, 9.17) is 14.2 Å². The molecule has 0 saturated carbocycles. The van der Waals surface area contributed by atoms with Gasteiger partial charge in [0.1, 0.15) is 17.3 Å². The number of nitrogens with zero attached hydrogens (tertiary/aromatic N) is 2. The van der Waals surface area contributed by atoms with Crippen LogP contribution in [-0.2, 0) is 20.8 Å². The summed E-state index contributed by atoms with van der Waals surface area (Å²) in [5.41, 5.74) is 0. The summed E-state index contributed by atoms with van der Waals surface area (Å²) in [6.45, 7) is 2.98. The standard InChI is InChI=1S/C14H21N3O3S/c1-15-13-11-4-9-21-14(11)17-12(16-13)10-20-6-3-5-19-8-7-18-2/h4,9H,3,5-8,10H2,1-2H3,(H,15,16,17). The second-order valence-corrected chi connectivity index (χ2v) is 5.28. The highest BCUT2D eigenvalue weighted by atomic mass is 32.1. The highest BCUT2D eigenvalue weighted by molar-refractivity contribution is 7.16. The Balaban J connectivity index is 1.73. The van der Waals surface area contributed by atoms with Crippen LogP contribution in [0, 0.1) is 0 Å². The molecule has 2 aromatic rings. The van der Waals surface area contributed by atoms with Crippen molar-refractivity contribution in [3.8, 4) is 0 Å². The molecule has 0 aromatic carbocycles. The highest BCUT2D eigenvalue weighted by Gasteiger charge is 2.07. The molecule has 116 valence electrons. The van der Waals surface area contributed by atoms with Crippen molar-refractivity contribution in [1.82, 2.24) is 9.97 Å². The molecule has 2 heterocycles. The lowest BCUT2D eigenvalue weighted by atomic mass is 10.4. The van der Waals surface area contributed by atoms with Crippen molar-refractivity contribution in [2.75, 3.05) is 45.9 Å². The van der Waals surface area contributed by atoms with E-state index in [0.29, 0.717) is 38.9 Å². The quantitative estimate of drug-likeness (QED) is 0.679. The summed E-state index contributed by atoms with van der Waals surface area (Å²) in [5.74, 6) is 1.55. The topological polar surface area (TPSA) is 65.5 Å². The summed E-state index contributed by atoms with van der Waals surface area (Å²) in [4.78, 5) is 9.94. The molecule has 0 atom stereocenters. The third-order valence-electron chi connectivity index (χ3n) is 2.85. The minimum absolute atomic E-state index is 0.417. The number of hydrogen-bond acceptors (Lipinski definition) is 7. The molecule has 0 aliphatic rings. The van der Waals surface area contributed by atoms with Gasteiger partial charge in [-0.25, -0.2) is 9.97 Å². The van der Waals surface area contributed by atoms with Gasteiger partial charge in [0.2, 0.25) is 0 Å². The second kappa shape index (κ2) is 8.89. The van der Waals surface area contributed by atoms with Gasteiger partial charge in [0, 0.05) is 27.4 Å². The molecule has 0 bridgehead atoms. The molecule has 0 fully saturated rings. The van der Waals surface area contributed by atoms with E-state index in [-0.39, 0.29) is 0 Å². The van der Waals surface area contributed by atoms with Crippen molar-refractivity contribution >= 4 is 27.4 Å². The smallest absolute Gasteiger partial charge is 0.158 e. The van der Waals surface area contributed by atoms with E-state index in [1.54, 1.807) is 18.4 Å². The van der Waals surface area contributed by atoms with Gasteiger partial charge in [0.15, 0.2) is 5.82 Å². The summed E-state index contributed by atoms with van der Waals surface area (Å²) in [7, 11) is 3.53. The van der Waals surface area contributed by atoms with Crippen LogP contribution in [0.5, 0.6) is 0 Å². The molecular formula is C14H21N3O3S. The number of methoxy groups -OCH3 is 1. The zero-order valence-electron chi connectivity index (χ0n) is 12.4. The lowest BCUT2D eigenvalue weighted by Gasteiger charge is -2.07. The van der Waals surface area contributed by atoms with Gasteiger partial charge in [-0.05, 0) is 17.9 Å². The number of thiophene rings is 1. The van der Waals surface area contributed by atoms with Crippen molar-refractivity contribution in [3.63, 3.8) is 0 Å². The van der Waals surface area contributed by atoms with Gasteiger partial charge in [-0.1, -0.05) is 0 Å². The lowest BCUT2D eigenvalue weighted by Crippen LogP contribution is -2.07. The van der Waals surface area contributed by atoms with Gasteiger partial charge in [-0.2, -0.15) is 0 Å². The maximum absolute atomic E-state index is 5.59. The summed E-state index contributed by atoms with van der Waals surface area (Å²) in [5, 5.41) is 6.16. The molecule has 7 heteroatoms. The van der Waals surface area contributed by atoms with E-state index in [1.807, 2.05) is 18.5 Å². The van der Waals surface area contributed by atoms with Gasteiger partial charge in [-0.15, -0.1) is 11.3 Å². The summed E-state index contributed by atoms with van der Waals surface area (Å²) in [6, 6.07) is 2.02. The number of nitrogens with one attached hydrogen (secondary N) is 1. The fourth-order valence-corrected chi connectivity index (χ4v) is 2.61. The Kier molecular flexibility index (Phi) is 6.81. The minimum Gasteiger partial charge on any atom is -0.382 e. The predicted molar refractivity (Wildman–Crippen MR) is 83.9 cm³/mol. The first kappa shape index (κ1) is 16.1. The van der Waals surface area contributed by atoms with E-state index < -0.39 is 0 Å². The van der Waals surface area contributed by atoms with Crippen LogP contribution in [0.1, 0.15) is 12.2 Å². The molecule has 0 unspecified atom stereocenters. The Labute approximate surface area is 128 Å². The first-order chi connectivity index (χ1) is 10.3. The van der Waals surface area contributed by atoms with Gasteiger partial charge >= 0.3 is 0 Å². The molecule has 0 aliphatic heterocycles. The Morgan fingerprint density at radius 2 is 2.00 bits per heavy atom. The largest absolute Gasteiger partial charge is 0.382 e. The van der Waals surface area contributed by atoms with Crippen molar-refractivity contribution < 1.29 is 14.2 Å². The fraction of sp³-hybridized carbons (Fsp3) is 0.571. The number of ether oxygens (including phenoxy) is 3. The number of anilines is 1. The summed E-state index contributed by atoms with van der Waals surface area (Å²) < 4.78 is 15.9. The zero-order chi connectivity index (χ0) is 14.9. The van der Waals surface area contributed by atoms with Crippen LogP contribution in [0.2, 0.25) is 0 Å². The second-order valence-electron chi connectivity index (χ2n) is 4.39. The van der Waals surface area contributed by atoms with E-state index in [1.165, 1.54) is 0 Å². The van der Waals surface area contributed by atoms with Gasteiger partial charge < -0.3 is 19.5 Å². The molecule has 0 aliphatic carbocycles. The molecule has 0 saturated heterocycles. The number of aromatic nitrogens is 2. The van der Waals surface area contributed by atoms with E-state index in [9.17, 15) is 0 Å². The molecule has 21 heavy (non-hydrogen) atoms. The number of fused-ring (bicyclic) bond motifs is 1. The summed E-state index contributed by atoms with van der Waals surface area (Å²) >= 11 is 1.61.